The molecular weight excluding hydrogens is 419 g/mol. The smallest absolute Gasteiger partial charge is 0.243 e. The Balaban J connectivity index is 1.40. The number of hydrogen-bond donors (Lipinski definition) is 0. The van der Waals surface area contributed by atoms with Gasteiger partial charge >= 0.3 is 0 Å². The Hall–Kier alpha value is -2.62. The zero-order valence-corrected chi connectivity index (χ0v) is 18.6. The molecule has 0 atom stereocenters. The second-order valence-electron chi connectivity index (χ2n) is 7.92. The lowest BCUT2D eigenvalue weighted by Crippen LogP contribution is -2.48. The van der Waals surface area contributed by atoms with Gasteiger partial charge in [-0.3, -0.25) is 4.90 Å². The fraction of sp³-hybridized carbons (Fsp3) is 0.364. The van der Waals surface area contributed by atoms with Crippen LogP contribution in [-0.4, -0.2) is 53.9 Å². The van der Waals surface area contributed by atoms with Gasteiger partial charge in [0, 0.05) is 31.7 Å². The Morgan fingerprint density at radius 3 is 2.42 bits per heavy atom. The molecule has 2 heterocycles. The molecule has 0 bridgehead atoms. The van der Waals surface area contributed by atoms with Gasteiger partial charge in [-0.05, 0) is 49.6 Å². The molecule has 0 saturated carbocycles. The van der Waals surface area contributed by atoms with Crippen molar-refractivity contribution in [3.63, 3.8) is 0 Å². The summed E-state index contributed by atoms with van der Waals surface area (Å²) in [6.45, 7) is 7.71. The second-order valence-corrected chi connectivity index (χ2v) is 9.83. The summed E-state index contributed by atoms with van der Waals surface area (Å²) < 4.78 is 46.8. The van der Waals surface area contributed by atoms with Crippen LogP contribution in [-0.2, 0) is 16.6 Å². The number of sulfonamides is 1. The largest absolute Gasteiger partial charge is 0.338 e. The van der Waals surface area contributed by atoms with E-state index in [0.29, 0.717) is 60.5 Å². The third-order valence-electron chi connectivity index (χ3n) is 5.55. The van der Waals surface area contributed by atoms with E-state index in [0.717, 1.165) is 11.1 Å². The summed E-state index contributed by atoms with van der Waals surface area (Å²) in [7, 11) is -3.53. The van der Waals surface area contributed by atoms with Gasteiger partial charge in [-0.1, -0.05) is 29.4 Å². The fourth-order valence-electron chi connectivity index (χ4n) is 3.61. The van der Waals surface area contributed by atoms with Crippen molar-refractivity contribution in [2.75, 3.05) is 26.2 Å². The van der Waals surface area contributed by atoms with Crippen LogP contribution in [0.1, 0.15) is 22.6 Å². The molecule has 7 nitrogen and oxygen atoms in total. The second kappa shape index (κ2) is 8.49. The summed E-state index contributed by atoms with van der Waals surface area (Å²) in [5.41, 5.74) is 2.78. The summed E-state index contributed by atoms with van der Waals surface area (Å²) in [5.74, 6) is 0.442. The standard InChI is InChI=1S/C22H25FN4O3S/c1-15-4-5-17(3)20(12-15)31(28,29)27-10-8-26(9-11-27)14-21-24-22(25-30-21)18-7-6-16(2)19(23)13-18/h4-7,12-13H,8-11,14H2,1-3H3. The number of hydrogen-bond acceptors (Lipinski definition) is 6. The van der Waals surface area contributed by atoms with Crippen LogP contribution in [0.4, 0.5) is 4.39 Å². The molecule has 0 N–H and O–H groups in total. The summed E-state index contributed by atoms with van der Waals surface area (Å²) in [5, 5.41) is 3.95. The highest BCUT2D eigenvalue weighted by molar-refractivity contribution is 7.89. The molecule has 164 valence electrons. The summed E-state index contributed by atoms with van der Waals surface area (Å²) >= 11 is 0. The molecule has 1 aromatic heterocycles. The maximum atomic E-state index is 13.8. The predicted octanol–water partition coefficient (Wildman–Crippen LogP) is 3.31. The lowest BCUT2D eigenvalue weighted by Gasteiger charge is -2.33. The summed E-state index contributed by atoms with van der Waals surface area (Å²) in [4.78, 5) is 6.80. The number of aryl methyl sites for hydroxylation is 3. The quantitative estimate of drug-likeness (QED) is 0.601. The molecule has 1 fully saturated rings. The van der Waals surface area contributed by atoms with Crippen LogP contribution in [0.3, 0.4) is 0 Å². The van der Waals surface area contributed by atoms with Gasteiger partial charge in [0.15, 0.2) is 0 Å². The third-order valence-corrected chi connectivity index (χ3v) is 7.59. The molecule has 9 heteroatoms. The summed E-state index contributed by atoms with van der Waals surface area (Å²) in [6, 6.07) is 10.3. The topological polar surface area (TPSA) is 79.5 Å². The monoisotopic (exact) mass is 444 g/mol. The van der Waals surface area contributed by atoms with Crippen molar-refractivity contribution in [1.29, 1.82) is 0 Å². The first-order valence-corrected chi connectivity index (χ1v) is 11.6. The van der Waals surface area contributed by atoms with E-state index in [2.05, 4.69) is 15.0 Å². The molecule has 4 rings (SSSR count). The van der Waals surface area contributed by atoms with Crippen LogP contribution < -0.4 is 0 Å². The van der Waals surface area contributed by atoms with Crippen molar-refractivity contribution < 1.29 is 17.3 Å². The van der Waals surface area contributed by atoms with Gasteiger partial charge in [0.25, 0.3) is 0 Å². The number of nitrogens with zero attached hydrogens (tertiary/aromatic N) is 4. The van der Waals surface area contributed by atoms with Crippen LogP contribution in [0.25, 0.3) is 11.4 Å². The molecule has 0 spiro atoms. The van der Waals surface area contributed by atoms with E-state index in [4.69, 9.17) is 4.52 Å². The highest BCUT2D eigenvalue weighted by Gasteiger charge is 2.30. The van der Waals surface area contributed by atoms with Crippen molar-refractivity contribution >= 4 is 10.0 Å². The van der Waals surface area contributed by atoms with Gasteiger partial charge in [-0.25, -0.2) is 12.8 Å². The highest BCUT2D eigenvalue weighted by atomic mass is 32.2. The first-order chi connectivity index (χ1) is 14.7. The van der Waals surface area contributed by atoms with Crippen molar-refractivity contribution in [2.45, 2.75) is 32.2 Å². The van der Waals surface area contributed by atoms with E-state index in [1.54, 1.807) is 25.1 Å². The molecule has 1 saturated heterocycles. The number of aromatic nitrogens is 2. The molecule has 1 aliphatic rings. The van der Waals surface area contributed by atoms with E-state index in [1.807, 2.05) is 26.0 Å². The fourth-order valence-corrected chi connectivity index (χ4v) is 5.34. The van der Waals surface area contributed by atoms with E-state index >= 15 is 0 Å². The van der Waals surface area contributed by atoms with E-state index in [9.17, 15) is 12.8 Å². The maximum Gasteiger partial charge on any atom is 0.243 e. The molecule has 1 aliphatic heterocycles. The highest BCUT2D eigenvalue weighted by Crippen LogP contribution is 2.23. The number of rotatable bonds is 5. The minimum Gasteiger partial charge on any atom is -0.338 e. The van der Waals surface area contributed by atoms with Gasteiger partial charge in [-0.15, -0.1) is 0 Å². The van der Waals surface area contributed by atoms with Crippen LogP contribution in [0.5, 0.6) is 0 Å². The van der Waals surface area contributed by atoms with E-state index in [-0.39, 0.29) is 5.82 Å². The number of benzene rings is 2. The molecule has 0 unspecified atom stereocenters. The predicted molar refractivity (Wildman–Crippen MR) is 114 cm³/mol. The summed E-state index contributed by atoms with van der Waals surface area (Å²) in [6.07, 6.45) is 0. The zero-order chi connectivity index (χ0) is 22.2. The van der Waals surface area contributed by atoms with E-state index < -0.39 is 10.0 Å². The minimum atomic E-state index is -3.53. The lowest BCUT2D eigenvalue weighted by molar-refractivity contribution is 0.163. The molecule has 0 amide bonds. The Kier molecular flexibility index (Phi) is 5.92. The Morgan fingerprint density at radius 2 is 1.71 bits per heavy atom. The Labute approximate surface area is 181 Å². The first kappa shape index (κ1) is 21.6. The zero-order valence-electron chi connectivity index (χ0n) is 17.8. The van der Waals surface area contributed by atoms with Crippen LogP contribution >= 0.6 is 0 Å². The minimum absolute atomic E-state index is 0.315. The number of piperazine rings is 1. The van der Waals surface area contributed by atoms with Crippen LogP contribution in [0, 0.1) is 26.6 Å². The maximum absolute atomic E-state index is 13.8. The van der Waals surface area contributed by atoms with Crippen LogP contribution in [0.15, 0.2) is 45.8 Å². The lowest BCUT2D eigenvalue weighted by atomic mass is 10.1. The third kappa shape index (κ3) is 4.53. The first-order valence-electron chi connectivity index (χ1n) is 10.1. The Bertz CT molecular complexity index is 1200. The molecule has 0 radical (unpaired) electrons. The molecule has 3 aromatic rings. The van der Waals surface area contributed by atoms with Gasteiger partial charge in [0.1, 0.15) is 5.82 Å². The normalized spacial score (nSPS) is 16.0. The molecule has 31 heavy (non-hydrogen) atoms. The Morgan fingerprint density at radius 1 is 1.00 bits per heavy atom. The SMILES string of the molecule is Cc1ccc(C)c(S(=O)(=O)N2CCN(Cc3nc(-c4ccc(C)c(F)c4)no3)CC2)c1. The van der Waals surface area contributed by atoms with Gasteiger partial charge in [0.2, 0.25) is 21.7 Å². The van der Waals surface area contributed by atoms with E-state index in [1.165, 1.54) is 10.4 Å². The van der Waals surface area contributed by atoms with Crippen molar-refractivity contribution in [2.24, 2.45) is 0 Å². The van der Waals surface area contributed by atoms with Gasteiger partial charge in [0.05, 0.1) is 11.4 Å². The molecule has 0 aliphatic carbocycles. The van der Waals surface area contributed by atoms with Gasteiger partial charge < -0.3 is 4.52 Å². The molecular formula is C22H25FN4O3S. The average Bonchev–Trinajstić information content (AvgIpc) is 3.20. The van der Waals surface area contributed by atoms with Crippen molar-refractivity contribution in [3.8, 4) is 11.4 Å². The van der Waals surface area contributed by atoms with Crippen molar-refractivity contribution in [1.82, 2.24) is 19.3 Å². The van der Waals surface area contributed by atoms with Crippen LogP contribution in [0.2, 0.25) is 0 Å². The molecule has 2 aromatic carbocycles. The number of halogens is 1. The van der Waals surface area contributed by atoms with Gasteiger partial charge in [-0.2, -0.15) is 9.29 Å². The van der Waals surface area contributed by atoms with Crippen molar-refractivity contribution in [3.05, 3.63) is 64.8 Å². The average molecular weight is 445 g/mol.